The van der Waals surface area contributed by atoms with Crippen LogP contribution in [0.1, 0.15) is 43.4 Å². The number of imide groups is 1. The predicted octanol–water partition coefficient (Wildman–Crippen LogP) is 3.98. The lowest BCUT2D eigenvalue weighted by atomic mass is 9.87. The van der Waals surface area contributed by atoms with Crippen LogP contribution in [0.4, 0.5) is 17.1 Å². The number of anilines is 2. The topological polar surface area (TPSA) is 92.6 Å². The summed E-state index contributed by atoms with van der Waals surface area (Å²) in [6.45, 7) is 1.69. The average Bonchev–Trinajstić information content (AvgIpc) is 2.94. The van der Waals surface area contributed by atoms with Gasteiger partial charge in [0.25, 0.3) is 5.69 Å². The van der Waals surface area contributed by atoms with Gasteiger partial charge in [-0.2, -0.15) is 0 Å². The number of aryl methyl sites for hydroxylation is 1. The van der Waals surface area contributed by atoms with Crippen molar-refractivity contribution in [1.82, 2.24) is 0 Å². The van der Waals surface area contributed by atoms with Gasteiger partial charge in [0.2, 0.25) is 11.8 Å². The number of carbonyl (C=O) groups excluding carboxylic acids is 2. The molecule has 2 atom stereocenters. The number of amides is 2. The smallest absolute Gasteiger partial charge is 0.294 e. The minimum Gasteiger partial charge on any atom is -0.373 e. The zero-order chi connectivity index (χ0) is 19.8. The van der Waals surface area contributed by atoms with E-state index >= 15 is 0 Å². The van der Waals surface area contributed by atoms with Gasteiger partial charge < -0.3 is 5.32 Å². The van der Waals surface area contributed by atoms with E-state index in [1.807, 2.05) is 12.1 Å². The molecule has 2 aromatic rings. The van der Waals surface area contributed by atoms with Crippen LogP contribution < -0.4 is 10.2 Å². The Hall–Kier alpha value is -3.22. The second-order valence-corrected chi connectivity index (χ2v) is 7.42. The first-order valence-electron chi connectivity index (χ1n) is 9.45. The molecule has 28 heavy (non-hydrogen) atoms. The van der Waals surface area contributed by atoms with Crippen molar-refractivity contribution in [2.45, 2.75) is 38.6 Å². The van der Waals surface area contributed by atoms with Gasteiger partial charge in [0, 0.05) is 18.4 Å². The predicted molar refractivity (Wildman–Crippen MR) is 105 cm³/mol. The molecule has 1 fully saturated rings. The van der Waals surface area contributed by atoms with Gasteiger partial charge in [-0.3, -0.25) is 24.6 Å². The molecule has 1 N–H and O–H groups in total. The fraction of sp³-hybridized carbons (Fsp3) is 0.333. The first-order valence-corrected chi connectivity index (χ1v) is 9.45. The van der Waals surface area contributed by atoms with Gasteiger partial charge in [-0.05, 0) is 42.5 Å². The lowest BCUT2D eigenvalue weighted by molar-refractivity contribution is -0.383. The van der Waals surface area contributed by atoms with Crippen molar-refractivity contribution in [3.05, 3.63) is 63.7 Å². The van der Waals surface area contributed by atoms with E-state index in [0.29, 0.717) is 5.69 Å². The van der Waals surface area contributed by atoms with Gasteiger partial charge in [0.15, 0.2) is 0 Å². The molecule has 2 amide bonds. The highest BCUT2D eigenvalue weighted by atomic mass is 16.6. The molecule has 0 radical (unpaired) electrons. The van der Waals surface area contributed by atoms with E-state index in [1.165, 1.54) is 11.6 Å². The van der Waals surface area contributed by atoms with Crippen molar-refractivity contribution in [3.8, 4) is 0 Å². The van der Waals surface area contributed by atoms with Crippen molar-refractivity contribution in [3.63, 3.8) is 0 Å². The number of carbonyl (C=O) groups is 2. The Bertz CT molecular complexity index is 972. The Balaban J connectivity index is 1.67. The van der Waals surface area contributed by atoms with E-state index in [2.05, 4.69) is 17.4 Å². The molecular weight excluding hydrogens is 358 g/mol. The molecule has 7 nitrogen and oxygen atoms in total. The number of rotatable bonds is 4. The van der Waals surface area contributed by atoms with Crippen molar-refractivity contribution >= 4 is 28.9 Å². The fourth-order valence-corrected chi connectivity index (χ4v) is 4.08. The molecule has 0 saturated carbocycles. The molecule has 7 heteroatoms. The Kier molecular flexibility index (Phi) is 4.58. The van der Waals surface area contributed by atoms with Crippen molar-refractivity contribution < 1.29 is 14.5 Å². The maximum atomic E-state index is 12.3. The van der Waals surface area contributed by atoms with Crippen LogP contribution in [-0.2, 0) is 16.0 Å². The van der Waals surface area contributed by atoms with Crippen LogP contribution in [0.3, 0.4) is 0 Å². The highest BCUT2D eigenvalue weighted by Crippen LogP contribution is 2.38. The van der Waals surface area contributed by atoms with Crippen LogP contribution in [0.2, 0.25) is 0 Å². The van der Waals surface area contributed by atoms with Crippen LogP contribution >= 0.6 is 0 Å². The van der Waals surface area contributed by atoms with E-state index in [4.69, 9.17) is 0 Å². The molecule has 1 heterocycles. The van der Waals surface area contributed by atoms with Crippen molar-refractivity contribution in [2.75, 3.05) is 10.2 Å². The third-order valence-electron chi connectivity index (χ3n) is 5.51. The molecule has 0 bridgehead atoms. The molecule has 1 saturated heterocycles. The molecule has 1 aliphatic heterocycles. The summed E-state index contributed by atoms with van der Waals surface area (Å²) < 4.78 is 0. The van der Waals surface area contributed by atoms with Crippen molar-refractivity contribution in [1.29, 1.82) is 0 Å². The Morgan fingerprint density at radius 2 is 1.96 bits per heavy atom. The van der Waals surface area contributed by atoms with Gasteiger partial charge in [-0.15, -0.1) is 0 Å². The maximum Gasteiger partial charge on any atom is 0.294 e. The zero-order valence-corrected chi connectivity index (χ0v) is 15.6. The largest absolute Gasteiger partial charge is 0.373 e. The molecule has 0 spiro atoms. The number of benzene rings is 2. The van der Waals surface area contributed by atoms with Gasteiger partial charge in [-0.25, -0.2) is 0 Å². The second-order valence-electron chi connectivity index (χ2n) is 7.42. The van der Waals surface area contributed by atoms with Gasteiger partial charge >= 0.3 is 0 Å². The number of nitro benzene ring substituents is 1. The maximum absolute atomic E-state index is 12.3. The number of nitrogens with one attached hydrogen (secondary N) is 1. The molecule has 144 valence electrons. The Morgan fingerprint density at radius 1 is 1.18 bits per heavy atom. The molecule has 4 rings (SSSR count). The zero-order valence-electron chi connectivity index (χ0n) is 15.6. The van der Waals surface area contributed by atoms with E-state index in [9.17, 15) is 19.7 Å². The number of hydrogen-bond donors (Lipinski definition) is 1. The van der Waals surface area contributed by atoms with Crippen LogP contribution in [0.15, 0.2) is 42.5 Å². The fourth-order valence-electron chi connectivity index (χ4n) is 4.08. The molecule has 0 unspecified atom stereocenters. The number of nitrogens with zero attached hydrogens (tertiary/aromatic N) is 2. The monoisotopic (exact) mass is 379 g/mol. The summed E-state index contributed by atoms with van der Waals surface area (Å²) in [4.78, 5) is 36.6. The SMILES string of the molecule is C[C@H]1CC(=O)N(c2ccc(N[C@H]3CCCc4ccccc43)c([N+](=O)[O-])c2)C1=O. The number of fused-ring (bicyclic) bond motifs is 1. The third-order valence-corrected chi connectivity index (χ3v) is 5.51. The number of nitro groups is 1. The minimum absolute atomic E-state index is 0.00965. The van der Waals surface area contributed by atoms with Crippen LogP contribution in [0.5, 0.6) is 0 Å². The van der Waals surface area contributed by atoms with E-state index in [-0.39, 0.29) is 35.7 Å². The quantitative estimate of drug-likeness (QED) is 0.493. The summed E-state index contributed by atoms with van der Waals surface area (Å²) >= 11 is 0. The Labute approximate surface area is 162 Å². The van der Waals surface area contributed by atoms with Gasteiger partial charge in [0.05, 0.1) is 16.7 Å². The summed E-state index contributed by atoms with van der Waals surface area (Å²) in [6, 6.07) is 12.6. The normalized spacial score (nSPS) is 21.5. The molecule has 1 aliphatic carbocycles. The first kappa shape index (κ1) is 18.2. The summed E-state index contributed by atoms with van der Waals surface area (Å²) in [6.07, 6.45) is 3.03. The summed E-state index contributed by atoms with van der Waals surface area (Å²) in [5.74, 6) is -1.04. The van der Waals surface area contributed by atoms with Crippen LogP contribution in [0, 0.1) is 16.0 Å². The molecule has 0 aromatic heterocycles. The average molecular weight is 379 g/mol. The highest BCUT2D eigenvalue weighted by Gasteiger charge is 2.37. The Morgan fingerprint density at radius 3 is 2.68 bits per heavy atom. The second kappa shape index (κ2) is 7.07. The van der Waals surface area contributed by atoms with Crippen LogP contribution in [0.25, 0.3) is 0 Å². The highest BCUT2D eigenvalue weighted by molar-refractivity contribution is 6.21. The molecule has 2 aromatic carbocycles. The third kappa shape index (κ3) is 3.13. The lowest BCUT2D eigenvalue weighted by Gasteiger charge is -2.27. The van der Waals surface area contributed by atoms with E-state index in [0.717, 1.165) is 29.7 Å². The van der Waals surface area contributed by atoms with E-state index in [1.54, 1.807) is 19.1 Å². The van der Waals surface area contributed by atoms with Crippen molar-refractivity contribution in [2.24, 2.45) is 5.92 Å². The lowest BCUT2D eigenvalue weighted by Crippen LogP contribution is -2.30. The van der Waals surface area contributed by atoms with E-state index < -0.39 is 10.8 Å². The number of hydrogen-bond acceptors (Lipinski definition) is 5. The van der Waals surface area contributed by atoms with Gasteiger partial charge in [-0.1, -0.05) is 31.2 Å². The summed E-state index contributed by atoms with van der Waals surface area (Å²) in [7, 11) is 0. The summed E-state index contributed by atoms with van der Waals surface area (Å²) in [5.41, 5.74) is 2.92. The summed E-state index contributed by atoms with van der Waals surface area (Å²) in [5, 5.41) is 15.0. The molecule has 2 aliphatic rings. The minimum atomic E-state index is -0.477. The van der Waals surface area contributed by atoms with Crippen LogP contribution in [-0.4, -0.2) is 16.7 Å². The molecular formula is C21H21N3O4. The first-order chi connectivity index (χ1) is 13.5. The standard InChI is InChI=1S/C21H21N3O4/c1-13-11-20(25)23(21(13)26)15-9-10-18(19(12-15)24(27)28)22-17-8-4-6-14-5-2-3-7-16(14)17/h2-3,5,7,9-10,12-13,17,22H,4,6,8,11H2,1H3/t13-,17-/m0/s1. The van der Waals surface area contributed by atoms with Gasteiger partial charge in [0.1, 0.15) is 5.69 Å².